The summed E-state index contributed by atoms with van der Waals surface area (Å²) in [5.74, 6) is -2.06. The van der Waals surface area contributed by atoms with Gasteiger partial charge in [0, 0.05) is 50.4 Å². The Morgan fingerprint density at radius 2 is 1.84 bits per heavy atom. The zero-order valence-electron chi connectivity index (χ0n) is 27.0. The number of methoxy groups -OCH3 is 2. The number of carbonyl (C=O) groups excluding carboxylic acids is 4. The molecule has 0 aromatic heterocycles. The number of Topliss-reactive ketones (excluding diaryl/α,β-unsaturated/α-hetero) is 1. The third-order valence-corrected chi connectivity index (χ3v) is 7.65. The van der Waals surface area contributed by atoms with Crippen LogP contribution in [0.1, 0.15) is 40.5 Å². The number of rotatable bonds is 7. The smallest absolute Gasteiger partial charge is 0.405 e. The third kappa shape index (κ3) is 10.3. The van der Waals surface area contributed by atoms with E-state index >= 15 is 0 Å². The standard InChI is InChI=1S/C32H48N4O8/c1-18-14-22-27(34-12-13-36(5)6)24(37)17-23(29(22)39)35-31(40)19(2)10-9-11-25(42-7)30(44-32(33)41)21(4)16-20(3)28(38)26(15-18)43-8/h9-11,16-18,20,25-26,28,30,34,38H,12-15H2,1-8H3,(H2,33,41)(H,35,40)/b11-9-,19-10-,21-16+/t18-,20+,25+,26+,28-,30+/m1/s1. The number of carbonyl (C=O) groups is 4. The maximum Gasteiger partial charge on any atom is 0.405 e. The van der Waals surface area contributed by atoms with Crippen molar-refractivity contribution in [1.29, 1.82) is 0 Å². The zero-order valence-corrected chi connectivity index (χ0v) is 27.0. The fourth-order valence-electron chi connectivity index (χ4n) is 5.18. The maximum atomic E-state index is 13.7. The Morgan fingerprint density at radius 1 is 1.16 bits per heavy atom. The van der Waals surface area contributed by atoms with Crippen LogP contribution in [0.2, 0.25) is 0 Å². The van der Waals surface area contributed by atoms with Gasteiger partial charge in [-0.05, 0) is 52.3 Å². The lowest BCUT2D eigenvalue weighted by atomic mass is 9.85. The maximum absolute atomic E-state index is 13.7. The fraction of sp³-hybridized carbons (Fsp3) is 0.562. The molecule has 44 heavy (non-hydrogen) atoms. The highest BCUT2D eigenvalue weighted by molar-refractivity contribution is 6.23. The van der Waals surface area contributed by atoms with Crippen molar-refractivity contribution < 1.29 is 38.5 Å². The molecule has 0 saturated heterocycles. The molecule has 0 radical (unpaired) electrons. The van der Waals surface area contributed by atoms with Crippen LogP contribution in [0.4, 0.5) is 4.79 Å². The van der Waals surface area contributed by atoms with Gasteiger partial charge in [-0.15, -0.1) is 0 Å². The number of nitrogens with one attached hydrogen (secondary N) is 2. The number of allylic oxidation sites excluding steroid dienone is 4. The average molecular weight is 617 g/mol. The van der Waals surface area contributed by atoms with Gasteiger partial charge >= 0.3 is 6.09 Å². The molecular weight excluding hydrogens is 568 g/mol. The second-order valence-corrected chi connectivity index (χ2v) is 11.7. The van der Waals surface area contributed by atoms with Gasteiger partial charge in [0.05, 0.1) is 23.6 Å². The number of ether oxygens (including phenoxy) is 3. The van der Waals surface area contributed by atoms with E-state index in [4.69, 9.17) is 19.9 Å². The first-order chi connectivity index (χ1) is 20.7. The zero-order chi connectivity index (χ0) is 33.1. The molecule has 2 bridgehead atoms. The lowest BCUT2D eigenvalue weighted by Crippen LogP contribution is -2.38. The van der Waals surface area contributed by atoms with Gasteiger partial charge in [0.1, 0.15) is 6.10 Å². The van der Waals surface area contributed by atoms with Crippen molar-refractivity contribution in [2.24, 2.45) is 17.6 Å². The molecule has 6 atom stereocenters. The first-order valence-electron chi connectivity index (χ1n) is 14.7. The van der Waals surface area contributed by atoms with Crippen LogP contribution in [0.5, 0.6) is 0 Å². The molecule has 1 aliphatic carbocycles. The normalized spacial score (nSPS) is 31.0. The van der Waals surface area contributed by atoms with E-state index in [9.17, 15) is 24.3 Å². The van der Waals surface area contributed by atoms with Gasteiger partial charge in [0.15, 0.2) is 6.10 Å². The molecular formula is C32H48N4O8. The highest BCUT2D eigenvalue weighted by Crippen LogP contribution is 2.28. The summed E-state index contributed by atoms with van der Waals surface area (Å²) < 4.78 is 16.6. The van der Waals surface area contributed by atoms with E-state index in [0.717, 1.165) is 6.08 Å². The lowest BCUT2D eigenvalue weighted by Gasteiger charge is -2.30. The van der Waals surface area contributed by atoms with Crippen molar-refractivity contribution in [3.63, 3.8) is 0 Å². The number of likely N-dealkylation sites (N-methyl/N-ethyl adjacent to an activating group) is 1. The van der Waals surface area contributed by atoms with E-state index in [2.05, 4.69) is 10.6 Å². The largest absolute Gasteiger partial charge is 0.439 e. The number of primary amides is 1. The van der Waals surface area contributed by atoms with E-state index in [1.807, 2.05) is 32.8 Å². The van der Waals surface area contributed by atoms with Gasteiger partial charge in [-0.25, -0.2) is 4.79 Å². The summed E-state index contributed by atoms with van der Waals surface area (Å²) in [6, 6.07) is 0. The predicted octanol–water partition coefficient (Wildman–Crippen LogP) is 1.91. The van der Waals surface area contributed by atoms with Crippen molar-refractivity contribution >= 4 is 23.6 Å². The Bertz CT molecular complexity index is 1230. The van der Waals surface area contributed by atoms with Gasteiger partial charge in [0.25, 0.3) is 5.91 Å². The number of aliphatic hydroxyl groups excluding tert-OH is 1. The summed E-state index contributed by atoms with van der Waals surface area (Å²) in [6.45, 7) is 8.09. The number of amides is 2. The number of nitrogens with zero attached hydrogens (tertiary/aromatic N) is 1. The van der Waals surface area contributed by atoms with Crippen molar-refractivity contribution in [2.45, 2.75) is 65.0 Å². The van der Waals surface area contributed by atoms with E-state index in [-0.39, 0.29) is 34.9 Å². The molecule has 0 spiro atoms. The molecule has 0 saturated carbocycles. The summed E-state index contributed by atoms with van der Waals surface area (Å²) in [5, 5.41) is 17.0. The number of ketones is 2. The summed E-state index contributed by atoms with van der Waals surface area (Å²) in [4.78, 5) is 53.7. The highest BCUT2D eigenvalue weighted by Gasteiger charge is 2.33. The molecule has 12 heteroatoms. The SMILES string of the molecule is CO[C@H]1/C=C\C=C(\C)C(=O)NC2=CC(=O)C(NCCN(C)C)=C(C[C@@H](C)C[C@H](OC)[C@H](O)[C@@H](C)/C=C(\C)[C@@H]1OC(N)=O)C2=O. The molecule has 1 aliphatic heterocycles. The second-order valence-electron chi connectivity index (χ2n) is 11.7. The quantitative estimate of drug-likeness (QED) is 0.245. The van der Waals surface area contributed by atoms with E-state index in [1.54, 1.807) is 32.1 Å². The monoisotopic (exact) mass is 616 g/mol. The van der Waals surface area contributed by atoms with Gasteiger partial charge in [-0.3, -0.25) is 14.4 Å². The topological polar surface area (TPSA) is 170 Å². The highest BCUT2D eigenvalue weighted by atomic mass is 16.6. The molecule has 2 rings (SSSR count). The van der Waals surface area contributed by atoms with Gasteiger partial charge in [-0.2, -0.15) is 0 Å². The molecule has 0 fully saturated rings. The predicted molar refractivity (Wildman–Crippen MR) is 166 cm³/mol. The Kier molecular flexibility index (Phi) is 14.2. The molecule has 0 aromatic carbocycles. The van der Waals surface area contributed by atoms with E-state index in [1.165, 1.54) is 20.3 Å². The van der Waals surface area contributed by atoms with Crippen molar-refractivity contribution in [3.05, 3.63) is 58.5 Å². The Morgan fingerprint density at radius 3 is 2.43 bits per heavy atom. The fourth-order valence-corrected chi connectivity index (χ4v) is 5.18. The van der Waals surface area contributed by atoms with E-state index < -0.39 is 53.9 Å². The number of aliphatic hydroxyl groups is 1. The van der Waals surface area contributed by atoms with Crippen LogP contribution in [0, 0.1) is 11.8 Å². The Hall–Kier alpha value is -3.58. The van der Waals surface area contributed by atoms with Gasteiger partial charge in [-0.1, -0.05) is 38.2 Å². The molecule has 244 valence electrons. The summed E-state index contributed by atoms with van der Waals surface area (Å²) in [6.07, 6.45) is 3.88. The molecule has 2 aliphatic rings. The van der Waals surface area contributed by atoms with Crippen molar-refractivity contribution in [1.82, 2.24) is 15.5 Å². The molecule has 0 aromatic rings. The Labute approximate surface area is 260 Å². The molecule has 1 heterocycles. The number of hydrogen-bond acceptors (Lipinski definition) is 10. The number of fused-ring (bicyclic) bond motifs is 2. The van der Waals surface area contributed by atoms with Crippen LogP contribution >= 0.6 is 0 Å². The van der Waals surface area contributed by atoms with Crippen LogP contribution in [0.3, 0.4) is 0 Å². The molecule has 12 nitrogen and oxygen atoms in total. The first-order valence-corrected chi connectivity index (χ1v) is 14.7. The van der Waals surface area contributed by atoms with Gasteiger partial charge < -0.3 is 40.6 Å². The Balaban J connectivity index is 2.60. The van der Waals surface area contributed by atoms with Crippen molar-refractivity contribution in [3.8, 4) is 0 Å². The van der Waals surface area contributed by atoms with Crippen molar-refractivity contribution in [2.75, 3.05) is 41.4 Å². The lowest BCUT2D eigenvalue weighted by molar-refractivity contribution is -0.120. The minimum atomic E-state index is -0.997. The minimum absolute atomic E-state index is 0.114. The molecule has 5 N–H and O–H groups in total. The third-order valence-electron chi connectivity index (χ3n) is 7.65. The summed E-state index contributed by atoms with van der Waals surface area (Å²) in [5.41, 5.74) is 6.55. The minimum Gasteiger partial charge on any atom is -0.439 e. The van der Waals surface area contributed by atoms with Gasteiger partial charge in [0.2, 0.25) is 11.6 Å². The summed E-state index contributed by atoms with van der Waals surface area (Å²) in [7, 11) is 6.74. The average Bonchev–Trinajstić information content (AvgIpc) is 2.95. The number of nitrogens with two attached hydrogens (primary N) is 1. The second kappa shape index (κ2) is 17.0. The van der Waals surface area contributed by atoms with Crippen LogP contribution < -0.4 is 16.4 Å². The molecule has 0 unspecified atom stereocenters. The van der Waals surface area contributed by atoms with Crippen LogP contribution in [0.15, 0.2) is 58.5 Å². The number of hydrogen-bond donors (Lipinski definition) is 4. The molecule has 2 amide bonds. The first kappa shape index (κ1) is 36.6. The van der Waals surface area contributed by atoms with Crippen LogP contribution in [0.25, 0.3) is 0 Å². The van der Waals surface area contributed by atoms with Crippen LogP contribution in [-0.2, 0) is 28.6 Å². The van der Waals surface area contributed by atoms with E-state index in [0.29, 0.717) is 25.1 Å². The summed E-state index contributed by atoms with van der Waals surface area (Å²) >= 11 is 0. The van der Waals surface area contributed by atoms with Crippen LogP contribution in [-0.4, -0.2) is 99.4 Å².